The summed E-state index contributed by atoms with van der Waals surface area (Å²) >= 11 is 1.13. The first-order valence-corrected chi connectivity index (χ1v) is 7.30. The zero-order chi connectivity index (χ0) is 14.7. The van der Waals surface area contributed by atoms with Crippen LogP contribution in [0.3, 0.4) is 0 Å². The number of benzene rings is 1. The highest BCUT2D eigenvalue weighted by Gasteiger charge is 2.16. The molecule has 0 atom stereocenters. The van der Waals surface area contributed by atoms with Crippen LogP contribution in [0.1, 0.15) is 0 Å². The van der Waals surface area contributed by atoms with Gasteiger partial charge >= 0.3 is 0 Å². The Morgan fingerprint density at radius 3 is 2.67 bits per heavy atom. The quantitative estimate of drug-likeness (QED) is 0.922. The summed E-state index contributed by atoms with van der Waals surface area (Å²) in [5.74, 6) is 0.323. The maximum atomic E-state index is 13.7. The Hall–Kier alpha value is -1.93. The SMILES string of the molecule is Nc1nc(Sc2ccccc2F)nc(N2CCOCC2)n1. The van der Waals surface area contributed by atoms with Crippen LogP contribution in [0.25, 0.3) is 0 Å². The number of aromatic nitrogens is 3. The minimum Gasteiger partial charge on any atom is -0.378 e. The topological polar surface area (TPSA) is 77.2 Å². The molecule has 1 aliphatic heterocycles. The summed E-state index contributed by atoms with van der Waals surface area (Å²) < 4.78 is 19.0. The number of nitrogens with two attached hydrogens (primary N) is 1. The fourth-order valence-corrected chi connectivity index (χ4v) is 2.71. The molecule has 1 aromatic heterocycles. The molecular formula is C13H14FN5OS. The number of ether oxygens (including phenoxy) is 1. The molecule has 1 saturated heterocycles. The van der Waals surface area contributed by atoms with E-state index in [1.807, 2.05) is 4.90 Å². The van der Waals surface area contributed by atoms with Crippen LogP contribution in [0.2, 0.25) is 0 Å². The summed E-state index contributed by atoms with van der Waals surface area (Å²) in [6, 6.07) is 6.48. The van der Waals surface area contributed by atoms with Crippen molar-refractivity contribution in [2.24, 2.45) is 0 Å². The van der Waals surface area contributed by atoms with Gasteiger partial charge in [-0.3, -0.25) is 0 Å². The molecule has 21 heavy (non-hydrogen) atoms. The van der Waals surface area contributed by atoms with E-state index in [1.165, 1.54) is 6.07 Å². The van der Waals surface area contributed by atoms with Gasteiger partial charge in [0.25, 0.3) is 0 Å². The van der Waals surface area contributed by atoms with Gasteiger partial charge in [0.15, 0.2) is 5.16 Å². The van der Waals surface area contributed by atoms with Crippen molar-refractivity contribution < 1.29 is 9.13 Å². The van der Waals surface area contributed by atoms with Gasteiger partial charge < -0.3 is 15.4 Å². The molecule has 0 aliphatic carbocycles. The van der Waals surface area contributed by atoms with E-state index in [9.17, 15) is 4.39 Å². The molecule has 0 saturated carbocycles. The van der Waals surface area contributed by atoms with Crippen molar-refractivity contribution in [2.75, 3.05) is 36.9 Å². The zero-order valence-corrected chi connectivity index (χ0v) is 12.0. The smallest absolute Gasteiger partial charge is 0.231 e. The Kier molecular flexibility index (Phi) is 4.16. The molecule has 0 unspecified atom stereocenters. The number of hydrogen-bond acceptors (Lipinski definition) is 7. The van der Waals surface area contributed by atoms with Gasteiger partial charge in [-0.15, -0.1) is 0 Å². The highest BCUT2D eigenvalue weighted by molar-refractivity contribution is 7.99. The van der Waals surface area contributed by atoms with Crippen molar-refractivity contribution in [2.45, 2.75) is 10.1 Å². The molecule has 1 aromatic carbocycles. The first-order chi connectivity index (χ1) is 10.2. The standard InChI is InChI=1S/C13H14FN5OS/c14-9-3-1-2-4-10(9)21-13-17-11(15)16-12(18-13)19-5-7-20-8-6-19/h1-4H,5-8H2,(H2,15,16,17,18). The average molecular weight is 307 g/mol. The lowest BCUT2D eigenvalue weighted by Gasteiger charge is -2.26. The van der Waals surface area contributed by atoms with E-state index in [0.717, 1.165) is 11.8 Å². The van der Waals surface area contributed by atoms with E-state index in [0.29, 0.717) is 42.3 Å². The molecule has 8 heteroatoms. The molecule has 1 fully saturated rings. The Bertz CT molecular complexity index is 636. The lowest BCUT2D eigenvalue weighted by molar-refractivity contribution is 0.122. The third kappa shape index (κ3) is 3.40. The van der Waals surface area contributed by atoms with Gasteiger partial charge in [-0.05, 0) is 23.9 Å². The minimum atomic E-state index is -0.311. The second kappa shape index (κ2) is 6.23. The lowest BCUT2D eigenvalue weighted by Crippen LogP contribution is -2.37. The van der Waals surface area contributed by atoms with Crippen molar-refractivity contribution in [3.63, 3.8) is 0 Å². The molecule has 110 valence electrons. The maximum Gasteiger partial charge on any atom is 0.231 e. The van der Waals surface area contributed by atoms with E-state index < -0.39 is 0 Å². The van der Waals surface area contributed by atoms with Crippen LogP contribution in [0.4, 0.5) is 16.3 Å². The molecule has 2 heterocycles. The second-order valence-corrected chi connectivity index (χ2v) is 5.42. The molecule has 0 radical (unpaired) electrons. The van der Waals surface area contributed by atoms with Crippen molar-refractivity contribution in [1.82, 2.24) is 15.0 Å². The summed E-state index contributed by atoms with van der Waals surface area (Å²) in [7, 11) is 0. The predicted octanol–water partition coefficient (Wildman–Crippen LogP) is 1.58. The predicted molar refractivity (Wildman–Crippen MR) is 77.8 cm³/mol. The van der Waals surface area contributed by atoms with Gasteiger partial charge in [0.1, 0.15) is 5.82 Å². The summed E-state index contributed by atoms with van der Waals surface area (Å²) in [4.78, 5) is 15.0. The monoisotopic (exact) mass is 307 g/mol. The fraction of sp³-hybridized carbons (Fsp3) is 0.308. The average Bonchev–Trinajstić information content (AvgIpc) is 2.50. The molecule has 0 bridgehead atoms. The molecule has 0 amide bonds. The van der Waals surface area contributed by atoms with Gasteiger partial charge in [-0.2, -0.15) is 15.0 Å². The number of halogens is 1. The molecule has 2 aromatic rings. The van der Waals surface area contributed by atoms with E-state index >= 15 is 0 Å². The summed E-state index contributed by atoms with van der Waals surface area (Å²) in [6.45, 7) is 2.66. The van der Waals surface area contributed by atoms with E-state index in [4.69, 9.17) is 10.5 Å². The first kappa shape index (κ1) is 14.0. The van der Waals surface area contributed by atoms with Gasteiger partial charge in [0, 0.05) is 13.1 Å². The lowest BCUT2D eigenvalue weighted by atomic mass is 10.4. The van der Waals surface area contributed by atoms with Gasteiger partial charge in [-0.25, -0.2) is 4.39 Å². The molecule has 6 nitrogen and oxygen atoms in total. The number of rotatable bonds is 3. The fourth-order valence-electron chi connectivity index (χ4n) is 1.94. The van der Waals surface area contributed by atoms with Crippen molar-refractivity contribution in [3.8, 4) is 0 Å². The van der Waals surface area contributed by atoms with Crippen LogP contribution in [0, 0.1) is 5.82 Å². The van der Waals surface area contributed by atoms with Crippen LogP contribution < -0.4 is 10.6 Å². The zero-order valence-electron chi connectivity index (χ0n) is 11.2. The minimum absolute atomic E-state index is 0.130. The van der Waals surface area contributed by atoms with Crippen molar-refractivity contribution >= 4 is 23.7 Å². The first-order valence-electron chi connectivity index (χ1n) is 6.49. The molecule has 2 N–H and O–H groups in total. The molecule has 1 aliphatic rings. The van der Waals surface area contributed by atoms with Crippen LogP contribution in [0.5, 0.6) is 0 Å². The van der Waals surface area contributed by atoms with Crippen LogP contribution >= 0.6 is 11.8 Å². The summed E-state index contributed by atoms with van der Waals surface area (Å²) in [6.07, 6.45) is 0. The van der Waals surface area contributed by atoms with E-state index in [-0.39, 0.29) is 11.8 Å². The third-order valence-corrected chi connectivity index (χ3v) is 3.87. The van der Waals surface area contributed by atoms with Crippen LogP contribution in [0.15, 0.2) is 34.3 Å². The number of nitrogen functional groups attached to an aromatic ring is 1. The van der Waals surface area contributed by atoms with Crippen molar-refractivity contribution in [3.05, 3.63) is 30.1 Å². The Morgan fingerprint density at radius 2 is 1.90 bits per heavy atom. The van der Waals surface area contributed by atoms with E-state index in [2.05, 4.69) is 15.0 Å². The summed E-state index contributed by atoms with van der Waals surface area (Å²) in [5, 5.41) is 0.383. The van der Waals surface area contributed by atoms with Crippen molar-refractivity contribution in [1.29, 1.82) is 0 Å². The molecular weight excluding hydrogens is 293 g/mol. The van der Waals surface area contributed by atoms with Gasteiger partial charge in [0.2, 0.25) is 11.9 Å². The number of anilines is 2. The van der Waals surface area contributed by atoms with Crippen LogP contribution in [-0.2, 0) is 4.74 Å². The summed E-state index contributed by atoms with van der Waals surface area (Å²) in [5.41, 5.74) is 5.73. The third-order valence-electron chi connectivity index (χ3n) is 2.95. The number of morpholine rings is 1. The molecule has 0 spiro atoms. The van der Waals surface area contributed by atoms with Gasteiger partial charge in [-0.1, -0.05) is 12.1 Å². The second-order valence-electron chi connectivity index (χ2n) is 4.41. The Labute approximate surface area is 125 Å². The highest BCUT2D eigenvalue weighted by Crippen LogP contribution is 2.28. The van der Waals surface area contributed by atoms with Gasteiger partial charge in [0.05, 0.1) is 18.1 Å². The normalized spacial score (nSPS) is 15.2. The number of hydrogen-bond donors (Lipinski definition) is 1. The largest absolute Gasteiger partial charge is 0.378 e. The van der Waals surface area contributed by atoms with E-state index in [1.54, 1.807) is 18.2 Å². The Morgan fingerprint density at radius 1 is 1.14 bits per heavy atom. The Balaban J connectivity index is 1.85. The number of nitrogens with zero attached hydrogens (tertiary/aromatic N) is 4. The molecule has 3 rings (SSSR count). The van der Waals surface area contributed by atoms with Crippen LogP contribution in [-0.4, -0.2) is 41.3 Å². The maximum absolute atomic E-state index is 13.7. The highest BCUT2D eigenvalue weighted by atomic mass is 32.2.